The molecular formula is C10H11F2N7OS. The first-order valence-electron chi connectivity index (χ1n) is 6.17. The summed E-state index contributed by atoms with van der Waals surface area (Å²) in [4.78, 5) is 15.9. The van der Waals surface area contributed by atoms with E-state index < -0.39 is 17.5 Å². The summed E-state index contributed by atoms with van der Waals surface area (Å²) >= 11 is 0.650. The number of nitrogens with zero attached hydrogens (tertiary/aromatic N) is 5. The molecule has 0 spiro atoms. The highest BCUT2D eigenvalue weighted by molar-refractivity contribution is 7.15. The van der Waals surface area contributed by atoms with E-state index in [4.69, 9.17) is 0 Å². The van der Waals surface area contributed by atoms with Gasteiger partial charge in [0.05, 0.1) is 12.6 Å². The zero-order chi connectivity index (χ0) is 14.8. The molecule has 0 aliphatic carbocycles. The molecule has 0 saturated heterocycles. The number of anilines is 1. The standard InChI is InChI=1S/C10H11F2N7OS/c11-7(12)8-17-18-10(21-8)16-9(20)15-5-1-2-6-13-4-14-19(6)3-5/h4-5,7H,1-3H2,(H2,15,16,18,20)/t5-/m0/s1. The number of aromatic nitrogens is 5. The van der Waals surface area contributed by atoms with Gasteiger partial charge < -0.3 is 5.32 Å². The monoisotopic (exact) mass is 315 g/mol. The Bertz CT molecular complexity index is 643. The maximum atomic E-state index is 12.4. The van der Waals surface area contributed by atoms with Gasteiger partial charge in [-0.1, -0.05) is 11.3 Å². The Morgan fingerprint density at radius 2 is 2.33 bits per heavy atom. The van der Waals surface area contributed by atoms with E-state index in [1.165, 1.54) is 6.33 Å². The number of rotatable bonds is 3. The smallest absolute Gasteiger partial charge is 0.321 e. The predicted octanol–water partition coefficient (Wildman–Crippen LogP) is 1.20. The molecule has 112 valence electrons. The highest BCUT2D eigenvalue weighted by atomic mass is 32.1. The van der Waals surface area contributed by atoms with Crippen molar-refractivity contribution in [2.24, 2.45) is 0 Å². The molecule has 0 bridgehead atoms. The lowest BCUT2D eigenvalue weighted by Crippen LogP contribution is -2.43. The first-order chi connectivity index (χ1) is 10.1. The van der Waals surface area contributed by atoms with Crippen molar-refractivity contribution < 1.29 is 13.6 Å². The Morgan fingerprint density at radius 1 is 1.48 bits per heavy atom. The van der Waals surface area contributed by atoms with E-state index in [0.717, 1.165) is 18.7 Å². The third-order valence-electron chi connectivity index (χ3n) is 2.99. The lowest BCUT2D eigenvalue weighted by Gasteiger charge is -2.23. The second kappa shape index (κ2) is 5.68. The Hall–Kier alpha value is -2.17. The van der Waals surface area contributed by atoms with E-state index in [1.807, 2.05) is 0 Å². The van der Waals surface area contributed by atoms with Crippen LogP contribution in [0.15, 0.2) is 6.33 Å². The molecule has 1 aliphatic heterocycles. The SMILES string of the molecule is O=C(Nc1nnc(C(F)F)s1)N[C@H]1CCc2ncnn2C1. The van der Waals surface area contributed by atoms with Gasteiger partial charge in [-0.15, -0.1) is 10.2 Å². The summed E-state index contributed by atoms with van der Waals surface area (Å²) < 4.78 is 26.5. The first-order valence-corrected chi connectivity index (χ1v) is 6.99. The normalized spacial score (nSPS) is 17.6. The zero-order valence-electron chi connectivity index (χ0n) is 10.7. The Labute approximate surface area is 121 Å². The summed E-state index contributed by atoms with van der Waals surface area (Å²) in [6.45, 7) is 0.529. The lowest BCUT2D eigenvalue weighted by atomic mass is 10.1. The van der Waals surface area contributed by atoms with Crippen molar-refractivity contribution in [3.05, 3.63) is 17.2 Å². The molecule has 3 heterocycles. The summed E-state index contributed by atoms with van der Waals surface area (Å²) in [6.07, 6.45) is 0.250. The van der Waals surface area contributed by atoms with Gasteiger partial charge in [0.25, 0.3) is 6.43 Å². The highest BCUT2D eigenvalue weighted by Crippen LogP contribution is 2.25. The van der Waals surface area contributed by atoms with Gasteiger partial charge >= 0.3 is 6.03 Å². The fourth-order valence-corrected chi connectivity index (χ4v) is 2.64. The molecule has 8 nitrogen and oxygen atoms in total. The molecule has 0 aromatic carbocycles. The molecule has 2 aromatic heterocycles. The number of halogens is 2. The number of nitrogens with one attached hydrogen (secondary N) is 2. The van der Waals surface area contributed by atoms with Crippen LogP contribution in [-0.2, 0) is 13.0 Å². The number of aryl methyl sites for hydroxylation is 1. The van der Waals surface area contributed by atoms with Crippen LogP contribution < -0.4 is 10.6 Å². The van der Waals surface area contributed by atoms with Gasteiger partial charge in [0.1, 0.15) is 12.2 Å². The summed E-state index contributed by atoms with van der Waals surface area (Å²) in [5, 5.41) is 15.6. The second-order valence-electron chi connectivity index (χ2n) is 4.44. The molecule has 2 N–H and O–H groups in total. The molecule has 0 saturated carbocycles. The molecule has 21 heavy (non-hydrogen) atoms. The van der Waals surface area contributed by atoms with Gasteiger partial charge in [0, 0.05) is 6.42 Å². The minimum Gasteiger partial charge on any atom is -0.333 e. The number of carbonyl (C=O) groups excluding carboxylic acids is 1. The van der Waals surface area contributed by atoms with Gasteiger partial charge in [0.2, 0.25) is 5.13 Å². The maximum Gasteiger partial charge on any atom is 0.321 e. The molecule has 0 unspecified atom stereocenters. The van der Waals surface area contributed by atoms with E-state index in [-0.39, 0.29) is 11.2 Å². The summed E-state index contributed by atoms with van der Waals surface area (Å²) in [7, 11) is 0. The lowest BCUT2D eigenvalue weighted by molar-refractivity contribution is 0.150. The molecule has 11 heteroatoms. The minimum absolute atomic E-state index is 0.0417. The van der Waals surface area contributed by atoms with Crippen molar-refractivity contribution in [3.63, 3.8) is 0 Å². The number of alkyl halides is 2. The Morgan fingerprint density at radius 3 is 3.10 bits per heavy atom. The zero-order valence-corrected chi connectivity index (χ0v) is 11.5. The average Bonchev–Trinajstić information content (AvgIpc) is 3.06. The van der Waals surface area contributed by atoms with Crippen LogP contribution in [0.2, 0.25) is 0 Å². The van der Waals surface area contributed by atoms with Crippen LogP contribution in [0.4, 0.5) is 18.7 Å². The van der Waals surface area contributed by atoms with Crippen LogP contribution in [-0.4, -0.2) is 37.0 Å². The van der Waals surface area contributed by atoms with Crippen LogP contribution in [0.1, 0.15) is 23.7 Å². The summed E-state index contributed by atoms with van der Waals surface area (Å²) in [5.74, 6) is 0.888. The molecule has 1 atom stereocenters. The fraction of sp³-hybridized carbons (Fsp3) is 0.500. The number of amides is 2. The molecule has 2 aromatic rings. The van der Waals surface area contributed by atoms with E-state index in [2.05, 4.69) is 30.9 Å². The van der Waals surface area contributed by atoms with Gasteiger partial charge in [-0.2, -0.15) is 5.10 Å². The maximum absolute atomic E-state index is 12.4. The van der Waals surface area contributed by atoms with E-state index in [1.54, 1.807) is 4.68 Å². The molecule has 0 fully saturated rings. The van der Waals surface area contributed by atoms with Crippen molar-refractivity contribution in [2.45, 2.75) is 31.9 Å². The number of fused-ring (bicyclic) bond motifs is 1. The minimum atomic E-state index is -2.69. The molecule has 2 amide bonds. The summed E-state index contributed by atoms with van der Waals surface area (Å²) in [6, 6.07) is -0.595. The Balaban J connectivity index is 1.55. The van der Waals surface area contributed by atoms with Gasteiger partial charge in [-0.05, 0) is 6.42 Å². The van der Waals surface area contributed by atoms with E-state index >= 15 is 0 Å². The van der Waals surface area contributed by atoms with Crippen molar-refractivity contribution in [1.29, 1.82) is 0 Å². The average molecular weight is 315 g/mol. The van der Waals surface area contributed by atoms with Crippen LogP contribution in [0.3, 0.4) is 0 Å². The van der Waals surface area contributed by atoms with Gasteiger partial charge in [-0.3, -0.25) is 5.32 Å². The van der Waals surface area contributed by atoms with Crippen molar-refractivity contribution >= 4 is 22.5 Å². The number of carbonyl (C=O) groups is 1. The van der Waals surface area contributed by atoms with Crippen LogP contribution in [0.5, 0.6) is 0 Å². The van der Waals surface area contributed by atoms with E-state index in [9.17, 15) is 13.6 Å². The predicted molar refractivity (Wildman–Crippen MR) is 69.2 cm³/mol. The molecular weight excluding hydrogens is 304 g/mol. The van der Waals surface area contributed by atoms with Crippen LogP contribution in [0.25, 0.3) is 0 Å². The summed E-state index contributed by atoms with van der Waals surface area (Å²) in [5.41, 5.74) is 0. The molecule has 3 rings (SSSR count). The number of hydrogen-bond donors (Lipinski definition) is 2. The van der Waals surface area contributed by atoms with Crippen LogP contribution in [0, 0.1) is 0 Å². The second-order valence-corrected chi connectivity index (χ2v) is 5.45. The highest BCUT2D eigenvalue weighted by Gasteiger charge is 2.22. The van der Waals surface area contributed by atoms with Gasteiger partial charge in [0.15, 0.2) is 5.01 Å². The van der Waals surface area contributed by atoms with Crippen molar-refractivity contribution in [1.82, 2.24) is 30.3 Å². The van der Waals surface area contributed by atoms with Crippen molar-refractivity contribution in [2.75, 3.05) is 5.32 Å². The van der Waals surface area contributed by atoms with Crippen molar-refractivity contribution in [3.8, 4) is 0 Å². The van der Waals surface area contributed by atoms with Gasteiger partial charge in [-0.25, -0.2) is 23.2 Å². The van der Waals surface area contributed by atoms with Crippen LogP contribution >= 0.6 is 11.3 Å². The molecule has 1 aliphatic rings. The molecule has 0 radical (unpaired) electrons. The third-order valence-corrected chi connectivity index (χ3v) is 3.83. The quantitative estimate of drug-likeness (QED) is 0.887. The number of hydrogen-bond acceptors (Lipinski definition) is 6. The topological polar surface area (TPSA) is 97.6 Å². The first kappa shape index (κ1) is 13.8. The Kier molecular flexibility index (Phi) is 3.73. The largest absolute Gasteiger partial charge is 0.333 e. The fourth-order valence-electron chi connectivity index (χ4n) is 2.05. The van der Waals surface area contributed by atoms with E-state index in [0.29, 0.717) is 17.9 Å². The number of urea groups is 1. The third kappa shape index (κ3) is 3.12.